The number of likely N-dealkylation sites (tertiary alicyclic amines) is 2. The Hall–Kier alpha value is -2.71. The highest BCUT2D eigenvalue weighted by Gasteiger charge is 2.35. The highest BCUT2D eigenvalue weighted by Crippen LogP contribution is 2.26. The van der Waals surface area contributed by atoms with Crippen LogP contribution >= 0.6 is 0 Å². The zero-order valence-electron chi connectivity index (χ0n) is 21.0. The van der Waals surface area contributed by atoms with Gasteiger partial charge in [-0.1, -0.05) is 37.3 Å². The van der Waals surface area contributed by atoms with E-state index in [0.717, 1.165) is 25.2 Å². The number of amides is 1. The minimum atomic E-state index is -1.02. The van der Waals surface area contributed by atoms with Crippen molar-refractivity contribution in [1.29, 1.82) is 0 Å². The lowest BCUT2D eigenvalue weighted by molar-refractivity contribution is -0.136. The number of nitrogens with one attached hydrogen (secondary N) is 1. The number of aliphatic hydroxyl groups is 1. The van der Waals surface area contributed by atoms with Crippen molar-refractivity contribution < 1.29 is 9.90 Å². The number of anilines is 1. The first kappa shape index (κ1) is 25.4. The third-order valence-electron chi connectivity index (χ3n) is 7.37. The molecule has 0 aliphatic carbocycles. The lowest BCUT2D eigenvalue weighted by atomic mass is 9.90. The van der Waals surface area contributed by atoms with Gasteiger partial charge in [0.2, 0.25) is 5.91 Å². The van der Waals surface area contributed by atoms with Gasteiger partial charge in [0.15, 0.2) is 0 Å². The maximum Gasteiger partial charge on any atom is 0.255 e. The molecule has 1 amide bonds. The molecule has 2 aliphatic heterocycles. The second kappa shape index (κ2) is 11.4. The average Bonchev–Trinajstić information content (AvgIpc) is 3.34. The van der Waals surface area contributed by atoms with Crippen LogP contribution in [0.3, 0.4) is 0 Å². The Morgan fingerprint density at radius 2 is 1.80 bits per heavy atom. The molecule has 0 spiro atoms. The summed E-state index contributed by atoms with van der Waals surface area (Å²) < 4.78 is 1.48. The maximum atomic E-state index is 12.8. The molecule has 2 aromatic rings. The summed E-state index contributed by atoms with van der Waals surface area (Å²) in [5.41, 5.74) is -0.0465. The molecule has 2 fully saturated rings. The summed E-state index contributed by atoms with van der Waals surface area (Å²) in [6.07, 6.45) is 5.36. The van der Waals surface area contributed by atoms with Crippen LogP contribution in [0.15, 0.2) is 47.5 Å². The third-order valence-corrected chi connectivity index (χ3v) is 7.37. The molecule has 2 aliphatic rings. The van der Waals surface area contributed by atoms with Crippen molar-refractivity contribution in [1.82, 2.24) is 19.4 Å². The van der Waals surface area contributed by atoms with Crippen LogP contribution in [-0.4, -0.2) is 74.7 Å². The van der Waals surface area contributed by atoms with E-state index in [2.05, 4.69) is 29.0 Å². The number of carbonyl (C=O) groups is 1. The Morgan fingerprint density at radius 3 is 2.46 bits per heavy atom. The van der Waals surface area contributed by atoms with Crippen molar-refractivity contribution >= 4 is 11.7 Å². The molecule has 0 radical (unpaired) electrons. The molecule has 0 bridgehead atoms. The standard InChI is InChI=1S/C27H39N5O3/c1-21(23-8-4-3-5-9-23)16-25(33)31-14-10-27(35,11-15-31)19-32-20-28-24(17-26(32)34)29-22(2)18-30-12-6-7-13-30/h3-5,8-9,17,20-22,29,35H,6-7,10-16,18-19H2,1-2H3/t21-,22+/m1/s1. The van der Waals surface area contributed by atoms with Crippen molar-refractivity contribution in [3.05, 3.63) is 58.6 Å². The van der Waals surface area contributed by atoms with Gasteiger partial charge in [0.25, 0.3) is 5.56 Å². The lowest BCUT2D eigenvalue weighted by Gasteiger charge is -2.38. The minimum absolute atomic E-state index is 0.112. The predicted molar refractivity (Wildman–Crippen MR) is 137 cm³/mol. The first-order valence-electron chi connectivity index (χ1n) is 12.9. The molecule has 2 N–H and O–H groups in total. The summed E-state index contributed by atoms with van der Waals surface area (Å²) in [5.74, 6) is 0.831. The second-order valence-corrected chi connectivity index (χ2v) is 10.4. The molecule has 8 heteroatoms. The number of hydrogen-bond donors (Lipinski definition) is 2. The SMILES string of the molecule is C[C@H](CC(=O)N1CCC(O)(Cn2cnc(N[C@@H](C)CN3CCCC3)cc2=O)CC1)c1ccccc1. The smallest absolute Gasteiger partial charge is 0.255 e. The van der Waals surface area contributed by atoms with E-state index in [1.54, 1.807) is 0 Å². The van der Waals surface area contributed by atoms with E-state index >= 15 is 0 Å². The van der Waals surface area contributed by atoms with Crippen molar-refractivity contribution in [2.75, 3.05) is 38.0 Å². The highest BCUT2D eigenvalue weighted by molar-refractivity contribution is 5.77. The molecule has 0 unspecified atom stereocenters. The van der Waals surface area contributed by atoms with Gasteiger partial charge in [-0.15, -0.1) is 0 Å². The largest absolute Gasteiger partial charge is 0.388 e. The summed E-state index contributed by atoms with van der Waals surface area (Å²) in [4.78, 5) is 34.2. The molecule has 2 atom stereocenters. The molecule has 35 heavy (non-hydrogen) atoms. The molecular formula is C27H39N5O3. The van der Waals surface area contributed by atoms with Gasteiger partial charge in [0.05, 0.1) is 18.5 Å². The topological polar surface area (TPSA) is 90.7 Å². The monoisotopic (exact) mass is 481 g/mol. The number of rotatable bonds is 9. The van der Waals surface area contributed by atoms with Gasteiger partial charge in [-0.25, -0.2) is 4.98 Å². The zero-order chi connectivity index (χ0) is 24.8. The Labute approximate surface area is 208 Å². The summed E-state index contributed by atoms with van der Waals surface area (Å²) in [5, 5.41) is 14.5. The van der Waals surface area contributed by atoms with Crippen molar-refractivity contribution in [3.63, 3.8) is 0 Å². The van der Waals surface area contributed by atoms with Crippen LogP contribution < -0.4 is 10.9 Å². The number of piperidine rings is 1. The van der Waals surface area contributed by atoms with Crippen LogP contribution in [0.2, 0.25) is 0 Å². The summed E-state index contributed by atoms with van der Waals surface area (Å²) >= 11 is 0. The molecule has 8 nitrogen and oxygen atoms in total. The molecule has 3 heterocycles. The van der Waals surface area contributed by atoms with E-state index in [1.165, 1.54) is 29.8 Å². The molecule has 1 aromatic heterocycles. The van der Waals surface area contributed by atoms with Gasteiger partial charge in [-0.2, -0.15) is 0 Å². The highest BCUT2D eigenvalue weighted by atomic mass is 16.3. The van der Waals surface area contributed by atoms with Crippen molar-refractivity contribution in [2.45, 2.75) is 70.1 Å². The fourth-order valence-electron chi connectivity index (χ4n) is 5.21. The van der Waals surface area contributed by atoms with E-state index < -0.39 is 5.60 Å². The fourth-order valence-corrected chi connectivity index (χ4v) is 5.21. The second-order valence-electron chi connectivity index (χ2n) is 10.4. The van der Waals surface area contributed by atoms with Crippen LogP contribution in [0.25, 0.3) is 0 Å². The van der Waals surface area contributed by atoms with E-state index in [9.17, 15) is 14.7 Å². The molecule has 2 saturated heterocycles. The average molecular weight is 482 g/mol. The molecule has 190 valence electrons. The van der Waals surface area contributed by atoms with Crippen LogP contribution in [0, 0.1) is 0 Å². The Bertz CT molecular complexity index is 1030. The van der Waals surface area contributed by atoms with Gasteiger partial charge >= 0.3 is 0 Å². The Morgan fingerprint density at radius 1 is 1.11 bits per heavy atom. The quantitative estimate of drug-likeness (QED) is 0.572. The van der Waals surface area contributed by atoms with Gasteiger partial charge in [0, 0.05) is 38.2 Å². The predicted octanol–water partition coefficient (Wildman–Crippen LogP) is 2.69. The lowest BCUT2D eigenvalue weighted by Crippen LogP contribution is -2.49. The summed E-state index contributed by atoms with van der Waals surface area (Å²) in [6.45, 7) is 8.54. The number of hydrogen-bond acceptors (Lipinski definition) is 6. The van der Waals surface area contributed by atoms with Gasteiger partial charge in [0.1, 0.15) is 5.82 Å². The number of benzene rings is 1. The molecule has 0 saturated carbocycles. The zero-order valence-corrected chi connectivity index (χ0v) is 21.0. The van der Waals surface area contributed by atoms with Crippen molar-refractivity contribution in [2.24, 2.45) is 0 Å². The van der Waals surface area contributed by atoms with Crippen molar-refractivity contribution in [3.8, 4) is 0 Å². The van der Waals surface area contributed by atoms with Gasteiger partial charge in [-0.3, -0.25) is 14.2 Å². The fraction of sp³-hybridized carbons (Fsp3) is 0.593. The maximum absolute atomic E-state index is 12.8. The van der Waals surface area contributed by atoms with Crippen LogP contribution in [-0.2, 0) is 11.3 Å². The summed E-state index contributed by atoms with van der Waals surface area (Å²) in [6, 6.07) is 11.8. The van der Waals surface area contributed by atoms with Crippen LogP contribution in [0.5, 0.6) is 0 Å². The number of nitrogens with zero attached hydrogens (tertiary/aromatic N) is 4. The van der Waals surface area contributed by atoms with Gasteiger partial charge < -0.3 is 20.2 Å². The summed E-state index contributed by atoms with van der Waals surface area (Å²) in [7, 11) is 0. The molecular weight excluding hydrogens is 442 g/mol. The minimum Gasteiger partial charge on any atom is -0.388 e. The van der Waals surface area contributed by atoms with E-state index in [4.69, 9.17) is 0 Å². The normalized spacial score (nSPS) is 19.9. The van der Waals surface area contributed by atoms with E-state index in [1.807, 2.05) is 35.2 Å². The van der Waals surface area contributed by atoms with E-state index in [0.29, 0.717) is 38.2 Å². The first-order chi connectivity index (χ1) is 16.8. The van der Waals surface area contributed by atoms with Gasteiger partial charge in [-0.05, 0) is 57.2 Å². The third kappa shape index (κ3) is 6.92. The molecule has 1 aromatic carbocycles. The number of aromatic nitrogens is 2. The number of carbonyl (C=O) groups excluding carboxylic acids is 1. The van der Waals surface area contributed by atoms with E-state index in [-0.39, 0.29) is 30.0 Å². The van der Waals surface area contributed by atoms with Crippen LogP contribution in [0.4, 0.5) is 5.82 Å². The molecule has 4 rings (SSSR count). The first-order valence-corrected chi connectivity index (χ1v) is 12.9. The Kier molecular flexibility index (Phi) is 8.23. The Balaban J connectivity index is 1.27. The van der Waals surface area contributed by atoms with Crippen LogP contribution in [0.1, 0.15) is 57.4 Å².